The average molecular weight is 315 g/mol. The molecule has 3 nitrogen and oxygen atoms in total. The van der Waals surface area contributed by atoms with Crippen LogP contribution in [0.25, 0.3) is 0 Å². The van der Waals surface area contributed by atoms with E-state index in [0.717, 1.165) is 24.2 Å². The maximum atomic E-state index is 12.4. The number of carbonyl (C=O) groups excluding carboxylic acids is 1. The second-order valence-electron chi connectivity index (χ2n) is 5.60. The highest BCUT2D eigenvalue weighted by Gasteiger charge is 2.20. The zero-order valence-corrected chi connectivity index (χ0v) is 13.4. The van der Waals surface area contributed by atoms with Gasteiger partial charge in [-0.2, -0.15) is 0 Å². The van der Waals surface area contributed by atoms with Gasteiger partial charge in [0.2, 0.25) is 5.91 Å². The van der Waals surface area contributed by atoms with Crippen LogP contribution in [0.1, 0.15) is 16.7 Å². The van der Waals surface area contributed by atoms with Gasteiger partial charge in [-0.1, -0.05) is 41.9 Å². The average Bonchev–Trinajstić information content (AvgIpc) is 2.55. The van der Waals surface area contributed by atoms with Gasteiger partial charge in [0.25, 0.3) is 0 Å². The lowest BCUT2D eigenvalue weighted by molar-refractivity contribution is -0.130. The maximum absolute atomic E-state index is 12.4. The van der Waals surface area contributed by atoms with Crippen molar-refractivity contribution in [1.82, 2.24) is 4.90 Å². The van der Waals surface area contributed by atoms with Crippen molar-refractivity contribution in [2.24, 2.45) is 0 Å². The van der Waals surface area contributed by atoms with Crippen LogP contribution >= 0.6 is 11.6 Å². The Labute approximate surface area is 135 Å². The highest BCUT2D eigenvalue weighted by Crippen LogP contribution is 2.23. The van der Waals surface area contributed by atoms with Crippen LogP contribution in [0.3, 0.4) is 0 Å². The third-order valence-electron chi connectivity index (χ3n) is 4.18. The first-order valence-corrected chi connectivity index (χ1v) is 7.86. The highest BCUT2D eigenvalue weighted by atomic mass is 35.5. The first-order chi connectivity index (χ1) is 10.6. The third kappa shape index (κ3) is 3.09. The number of halogens is 1. The van der Waals surface area contributed by atoms with E-state index < -0.39 is 0 Å². The minimum Gasteiger partial charge on any atom is -0.376 e. The lowest BCUT2D eigenvalue weighted by Crippen LogP contribution is -2.39. The van der Waals surface area contributed by atoms with Crippen molar-refractivity contribution < 1.29 is 4.79 Å². The number of nitrogens with zero attached hydrogens (tertiary/aromatic N) is 1. The van der Waals surface area contributed by atoms with Gasteiger partial charge in [-0.25, -0.2) is 0 Å². The lowest BCUT2D eigenvalue weighted by Gasteiger charge is -2.29. The molecule has 0 bridgehead atoms. The molecule has 0 atom stereocenters. The van der Waals surface area contributed by atoms with E-state index in [1.165, 1.54) is 11.1 Å². The van der Waals surface area contributed by atoms with Crippen LogP contribution in [-0.2, 0) is 17.8 Å². The van der Waals surface area contributed by atoms with E-state index >= 15 is 0 Å². The standard InChI is InChI=1S/C18H19ClN2O/c1-13-16(19)7-4-8-17(13)20-11-18(22)21-10-9-14-5-2-3-6-15(14)12-21/h2-8,20H,9-12H2,1H3. The molecule has 2 aromatic rings. The summed E-state index contributed by atoms with van der Waals surface area (Å²) in [5.74, 6) is 0.119. The summed E-state index contributed by atoms with van der Waals surface area (Å²) in [7, 11) is 0. The molecule has 0 unspecified atom stereocenters. The molecule has 4 heteroatoms. The second-order valence-corrected chi connectivity index (χ2v) is 6.01. The molecule has 1 aliphatic rings. The van der Waals surface area contributed by atoms with Crippen molar-refractivity contribution in [3.63, 3.8) is 0 Å². The Hall–Kier alpha value is -2.00. The number of anilines is 1. The van der Waals surface area contributed by atoms with Crippen LogP contribution in [0.5, 0.6) is 0 Å². The molecule has 0 aromatic heterocycles. The van der Waals surface area contributed by atoms with Gasteiger partial charge >= 0.3 is 0 Å². The summed E-state index contributed by atoms with van der Waals surface area (Å²) < 4.78 is 0. The fourth-order valence-electron chi connectivity index (χ4n) is 2.79. The Bertz CT molecular complexity index is 699. The van der Waals surface area contributed by atoms with Gasteiger partial charge in [0, 0.05) is 23.8 Å². The summed E-state index contributed by atoms with van der Waals surface area (Å²) in [5, 5.41) is 3.91. The molecule has 2 aromatic carbocycles. The Morgan fingerprint density at radius 3 is 2.77 bits per heavy atom. The Morgan fingerprint density at radius 2 is 1.95 bits per heavy atom. The van der Waals surface area contributed by atoms with Crippen molar-refractivity contribution in [3.8, 4) is 0 Å². The van der Waals surface area contributed by atoms with Gasteiger partial charge in [0.1, 0.15) is 0 Å². The van der Waals surface area contributed by atoms with E-state index in [9.17, 15) is 4.79 Å². The normalized spacial score (nSPS) is 13.6. The minimum absolute atomic E-state index is 0.119. The van der Waals surface area contributed by atoms with E-state index in [1.807, 2.05) is 36.1 Å². The lowest BCUT2D eigenvalue weighted by atomic mass is 10.00. The SMILES string of the molecule is Cc1c(Cl)cccc1NCC(=O)N1CCc2ccccc2C1. The van der Waals surface area contributed by atoms with Crippen molar-refractivity contribution in [2.45, 2.75) is 19.9 Å². The third-order valence-corrected chi connectivity index (χ3v) is 4.59. The number of fused-ring (bicyclic) bond motifs is 1. The summed E-state index contributed by atoms with van der Waals surface area (Å²) in [6, 6.07) is 14.0. The predicted octanol–water partition coefficient (Wildman–Crippen LogP) is 3.65. The molecule has 0 fully saturated rings. The van der Waals surface area contributed by atoms with Crippen molar-refractivity contribution in [1.29, 1.82) is 0 Å². The molecular weight excluding hydrogens is 296 g/mol. The summed E-state index contributed by atoms with van der Waals surface area (Å²) in [6.45, 7) is 3.73. The van der Waals surface area contributed by atoms with Crippen molar-refractivity contribution in [3.05, 3.63) is 64.2 Å². The zero-order valence-electron chi connectivity index (χ0n) is 12.6. The number of rotatable bonds is 3. The van der Waals surface area contributed by atoms with Crippen LogP contribution in [0, 0.1) is 6.92 Å². The molecule has 0 saturated heterocycles. The second kappa shape index (κ2) is 6.41. The Kier molecular flexibility index (Phi) is 4.34. The first-order valence-electron chi connectivity index (χ1n) is 7.48. The molecule has 22 heavy (non-hydrogen) atoms. The zero-order chi connectivity index (χ0) is 15.5. The van der Waals surface area contributed by atoms with Gasteiger partial charge in [0.15, 0.2) is 0 Å². The molecule has 1 N–H and O–H groups in total. The molecule has 0 spiro atoms. The largest absolute Gasteiger partial charge is 0.376 e. The van der Waals surface area contributed by atoms with Crippen molar-refractivity contribution >= 4 is 23.2 Å². The smallest absolute Gasteiger partial charge is 0.242 e. The van der Waals surface area contributed by atoms with Crippen LogP contribution in [0.15, 0.2) is 42.5 Å². The predicted molar refractivity (Wildman–Crippen MR) is 90.2 cm³/mol. The van der Waals surface area contributed by atoms with E-state index in [-0.39, 0.29) is 5.91 Å². The van der Waals surface area contributed by atoms with Crippen LogP contribution < -0.4 is 5.32 Å². The summed E-state index contributed by atoms with van der Waals surface area (Å²) in [4.78, 5) is 14.3. The van der Waals surface area contributed by atoms with Crippen LogP contribution in [0.4, 0.5) is 5.69 Å². The van der Waals surface area contributed by atoms with Gasteiger partial charge in [-0.05, 0) is 42.2 Å². The molecule has 1 aliphatic heterocycles. The highest BCUT2D eigenvalue weighted by molar-refractivity contribution is 6.31. The number of benzene rings is 2. The van der Waals surface area contributed by atoms with Gasteiger partial charge in [-0.15, -0.1) is 0 Å². The van der Waals surface area contributed by atoms with E-state index in [2.05, 4.69) is 23.5 Å². The maximum Gasteiger partial charge on any atom is 0.242 e. The number of carbonyl (C=O) groups is 1. The van der Waals surface area contributed by atoms with E-state index in [1.54, 1.807) is 0 Å². The van der Waals surface area contributed by atoms with Crippen LogP contribution in [0.2, 0.25) is 5.02 Å². The molecule has 0 aliphatic carbocycles. The molecule has 1 amide bonds. The number of nitrogens with one attached hydrogen (secondary N) is 1. The summed E-state index contributed by atoms with van der Waals surface area (Å²) in [5.41, 5.74) is 4.49. The Balaban J connectivity index is 1.63. The molecule has 3 rings (SSSR count). The monoisotopic (exact) mass is 314 g/mol. The van der Waals surface area contributed by atoms with Gasteiger partial charge in [-0.3, -0.25) is 4.79 Å². The topological polar surface area (TPSA) is 32.3 Å². The first kappa shape index (κ1) is 14.9. The fourth-order valence-corrected chi connectivity index (χ4v) is 2.96. The van der Waals surface area contributed by atoms with Gasteiger partial charge < -0.3 is 10.2 Å². The number of hydrogen-bond donors (Lipinski definition) is 1. The molecule has 1 heterocycles. The van der Waals surface area contributed by atoms with Crippen LogP contribution in [-0.4, -0.2) is 23.9 Å². The molecule has 0 saturated carbocycles. The number of hydrogen-bond acceptors (Lipinski definition) is 2. The summed E-state index contributed by atoms with van der Waals surface area (Å²) in [6.07, 6.45) is 0.929. The minimum atomic E-state index is 0.119. The quantitative estimate of drug-likeness (QED) is 0.938. The van der Waals surface area contributed by atoms with E-state index in [4.69, 9.17) is 11.6 Å². The van der Waals surface area contributed by atoms with E-state index in [0.29, 0.717) is 18.1 Å². The number of amides is 1. The molecule has 0 radical (unpaired) electrons. The molecule has 114 valence electrons. The fraction of sp³-hybridized carbons (Fsp3) is 0.278. The molecular formula is C18H19ClN2O. The Morgan fingerprint density at radius 1 is 1.18 bits per heavy atom. The van der Waals surface area contributed by atoms with Crippen molar-refractivity contribution in [2.75, 3.05) is 18.4 Å². The van der Waals surface area contributed by atoms with Gasteiger partial charge in [0.05, 0.1) is 6.54 Å². The summed E-state index contributed by atoms with van der Waals surface area (Å²) >= 11 is 6.10.